The minimum Gasteiger partial charge on any atom is -0.508 e. The maximum Gasteiger partial charge on any atom is 0.160 e. The van der Waals surface area contributed by atoms with Crippen LogP contribution in [0.25, 0.3) is 0 Å². The highest BCUT2D eigenvalue weighted by Crippen LogP contribution is 2.47. The van der Waals surface area contributed by atoms with Gasteiger partial charge in [0.25, 0.3) is 0 Å². The van der Waals surface area contributed by atoms with E-state index in [0.717, 1.165) is 24.6 Å². The van der Waals surface area contributed by atoms with E-state index in [-0.39, 0.29) is 5.75 Å². The van der Waals surface area contributed by atoms with Crippen LogP contribution in [0.3, 0.4) is 0 Å². The number of rotatable bonds is 4. The Balaban J connectivity index is 1.46. The molecule has 4 aliphatic heterocycles. The van der Waals surface area contributed by atoms with Crippen molar-refractivity contribution in [2.75, 3.05) is 26.7 Å². The van der Waals surface area contributed by atoms with Crippen LogP contribution < -0.4 is 4.74 Å². The molecule has 4 aliphatic rings. The minimum atomic E-state index is 0.203. The summed E-state index contributed by atoms with van der Waals surface area (Å²) in [7, 11) is 1.58. The largest absolute Gasteiger partial charge is 0.508 e. The number of aromatic hydroxyl groups is 2. The fraction of sp³-hybridized carbons (Fsp3) is 0.478. The van der Waals surface area contributed by atoms with Crippen LogP contribution in [0.2, 0.25) is 0 Å². The average Bonchev–Trinajstić information content (AvgIpc) is 3.11. The van der Waals surface area contributed by atoms with Crippen molar-refractivity contribution in [2.45, 2.75) is 37.4 Å². The summed E-state index contributed by atoms with van der Waals surface area (Å²) in [6.45, 7) is 4.20. The third kappa shape index (κ3) is 2.93. The average molecular weight is 380 g/mol. The van der Waals surface area contributed by atoms with E-state index in [1.54, 1.807) is 13.2 Å². The number of nitrogens with zero attached hydrogens (tertiary/aromatic N) is 2. The van der Waals surface area contributed by atoms with Crippen molar-refractivity contribution in [1.82, 2.24) is 9.80 Å². The Kier molecular flexibility index (Phi) is 4.44. The van der Waals surface area contributed by atoms with E-state index in [4.69, 9.17) is 4.74 Å². The van der Waals surface area contributed by atoms with Crippen molar-refractivity contribution >= 4 is 0 Å². The number of fused-ring (bicyclic) bond motifs is 2. The number of piperidine rings is 3. The van der Waals surface area contributed by atoms with Gasteiger partial charge >= 0.3 is 0 Å². The van der Waals surface area contributed by atoms with Crippen molar-refractivity contribution < 1.29 is 14.9 Å². The van der Waals surface area contributed by atoms with Gasteiger partial charge in [-0.2, -0.15) is 0 Å². The van der Waals surface area contributed by atoms with Crippen LogP contribution in [0.5, 0.6) is 17.2 Å². The van der Waals surface area contributed by atoms with Gasteiger partial charge in [0.05, 0.1) is 7.11 Å². The molecule has 0 aliphatic carbocycles. The van der Waals surface area contributed by atoms with Crippen molar-refractivity contribution in [3.63, 3.8) is 0 Å². The molecule has 0 unspecified atom stereocenters. The summed E-state index contributed by atoms with van der Waals surface area (Å²) in [4.78, 5) is 5.28. The van der Waals surface area contributed by atoms with Gasteiger partial charge in [-0.25, -0.2) is 0 Å². The molecule has 5 nitrogen and oxygen atoms in total. The molecule has 4 saturated heterocycles. The zero-order chi connectivity index (χ0) is 19.3. The molecule has 0 amide bonds. The molecule has 0 saturated carbocycles. The zero-order valence-electron chi connectivity index (χ0n) is 16.3. The van der Waals surface area contributed by atoms with Crippen LogP contribution in [0.15, 0.2) is 42.5 Å². The van der Waals surface area contributed by atoms with Gasteiger partial charge in [-0.15, -0.1) is 0 Å². The van der Waals surface area contributed by atoms with Crippen LogP contribution in [-0.2, 0) is 6.54 Å². The zero-order valence-corrected chi connectivity index (χ0v) is 16.3. The normalized spacial score (nSPS) is 31.7. The number of phenols is 2. The van der Waals surface area contributed by atoms with Gasteiger partial charge < -0.3 is 14.9 Å². The Morgan fingerprint density at radius 3 is 2.57 bits per heavy atom. The summed E-state index contributed by atoms with van der Waals surface area (Å²) < 4.78 is 5.19. The molecule has 28 heavy (non-hydrogen) atoms. The third-order valence-corrected chi connectivity index (χ3v) is 7.02. The van der Waals surface area contributed by atoms with E-state index >= 15 is 0 Å². The van der Waals surface area contributed by atoms with Crippen molar-refractivity contribution in [3.05, 3.63) is 53.6 Å². The highest BCUT2D eigenvalue weighted by molar-refractivity contribution is 5.42. The number of likely N-dealkylation sites (tertiary alicyclic amines) is 1. The van der Waals surface area contributed by atoms with Crippen LogP contribution in [0, 0.1) is 5.92 Å². The summed E-state index contributed by atoms with van der Waals surface area (Å²) in [6, 6.07) is 14.6. The number of methoxy groups -OCH3 is 1. The first kappa shape index (κ1) is 17.8. The Bertz CT molecular complexity index is 863. The van der Waals surface area contributed by atoms with Gasteiger partial charge in [0, 0.05) is 31.1 Å². The summed E-state index contributed by atoms with van der Waals surface area (Å²) in [5.74, 6) is 2.22. The SMILES string of the molecule is COc1ccc(CN2C[C@@H](c3cccc(O)c3)[C@@H]3[C@H]2C2CCN3CC2)cc1O. The summed E-state index contributed by atoms with van der Waals surface area (Å²) >= 11 is 0. The quantitative estimate of drug-likeness (QED) is 0.853. The fourth-order valence-electron chi connectivity index (χ4n) is 5.84. The van der Waals surface area contributed by atoms with Gasteiger partial charge in [0.15, 0.2) is 11.5 Å². The molecule has 3 atom stereocenters. The smallest absolute Gasteiger partial charge is 0.160 e. The van der Waals surface area contributed by atoms with Crippen LogP contribution in [0.1, 0.15) is 29.9 Å². The lowest BCUT2D eigenvalue weighted by Crippen LogP contribution is -2.59. The molecule has 148 valence electrons. The highest BCUT2D eigenvalue weighted by atomic mass is 16.5. The molecule has 2 bridgehead atoms. The maximum absolute atomic E-state index is 10.2. The summed E-state index contributed by atoms with van der Waals surface area (Å²) in [5.41, 5.74) is 2.35. The number of benzene rings is 2. The first-order chi connectivity index (χ1) is 13.6. The first-order valence-corrected chi connectivity index (χ1v) is 10.3. The lowest BCUT2D eigenvalue weighted by Gasteiger charge is -2.51. The molecule has 4 heterocycles. The maximum atomic E-state index is 10.2. The van der Waals surface area contributed by atoms with Crippen molar-refractivity contribution in [3.8, 4) is 17.2 Å². The van der Waals surface area contributed by atoms with Gasteiger partial charge in [0.2, 0.25) is 0 Å². The topological polar surface area (TPSA) is 56.2 Å². The van der Waals surface area contributed by atoms with Gasteiger partial charge in [-0.05, 0) is 67.2 Å². The summed E-state index contributed by atoms with van der Waals surface area (Å²) in [6.07, 6.45) is 2.55. The number of hydrogen-bond donors (Lipinski definition) is 2. The molecule has 0 radical (unpaired) electrons. The Morgan fingerprint density at radius 2 is 1.86 bits per heavy atom. The molecular weight excluding hydrogens is 352 g/mol. The Labute approximate surface area is 166 Å². The summed E-state index contributed by atoms with van der Waals surface area (Å²) in [5, 5.41) is 20.2. The lowest BCUT2D eigenvalue weighted by atomic mass is 9.75. The second-order valence-electron chi connectivity index (χ2n) is 8.49. The fourth-order valence-corrected chi connectivity index (χ4v) is 5.84. The van der Waals surface area contributed by atoms with E-state index in [0.29, 0.717) is 29.5 Å². The molecule has 0 spiro atoms. The lowest BCUT2D eigenvalue weighted by molar-refractivity contribution is -0.00871. The number of hydrogen-bond acceptors (Lipinski definition) is 5. The molecule has 2 N–H and O–H groups in total. The van der Waals surface area contributed by atoms with Gasteiger partial charge in [-0.1, -0.05) is 18.2 Å². The number of ether oxygens (including phenoxy) is 1. The minimum absolute atomic E-state index is 0.203. The van der Waals surface area contributed by atoms with Crippen molar-refractivity contribution in [2.24, 2.45) is 5.92 Å². The standard InChI is InChI=1S/C23H28N2O3/c1-28-21-6-5-15(11-20(21)27)13-25-14-19(17-3-2-4-18(26)12-17)23-22(25)16-7-9-24(23)10-8-16/h2-6,11-12,16,19,22-23,26-27H,7-10,13-14H2,1H3/t19-,22+,23+/m0/s1. The molecule has 2 aromatic rings. The number of phenolic OH excluding ortho intramolecular Hbond substituents is 2. The van der Waals surface area contributed by atoms with E-state index in [1.165, 1.54) is 31.5 Å². The second-order valence-corrected chi connectivity index (χ2v) is 8.49. The predicted octanol–water partition coefficient (Wildman–Crippen LogP) is 3.17. The van der Waals surface area contributed by atoms with E-state index in [1.807, 2.05) is 24.3 Å². The van der Waals surface area contributed by atoms with E-state index in [9.17, 15) is 10.2 Å². The third-order valence-electron chi connectivity index (χ3n) is 7.02. The van der Waals surface area contributed by atoms with E-state index < -0.39 is 0 Å². The molecule has 6 rings (SSSR count). The molecule has 2 aromatic carbocycles. The van der Waals surface area contributed by atoms with Crippen LogP contribution >= 0.6 is 0 Å². The molecule has 4 fully saturated rings. The van der Waals surface area contributed by atoms with Gasteiger partial charge in [0.1, 0.15) is 5.75 Å². The highest BCUT2D eigenvalue weighted by Gasteiger charge is 2.53. The second kappa shape index (κ2) is 6.98. The van der Waals surface area contributed by atoms with Gasteiger partial charge in [-0.3, -0.25) is 9.80 Å². The molecule has 0 aromatic heterocycles. The van der Waals surface area contributed by atoms with Crippen molar-refractivity contribution in [1.29, 1.82) is 0 Å². The molecule has 5 heteroatoms. The van der Waals surface area contributed by atoms with Crippen LogP contribution in [-0.4, -0.2) is 58.8 Å². The Morgan fingerprint density at radius 1 is 1.04 bits per heavy atom. The van der Waals surface area contributed by atoms with E-state index in [2.05, 4.69) is 21.9 Å². The molecular formula is C23H28N2O3. The Hall–Kier alpha value is -2.24. The predicted molar refractivity (Wildman–Crippen MR) is 108 cm³/mol. The monoisotopic (exact) mass is 380 g/mol. The van der Waals surface area contributed by atoms with Crippen LogP contribution in [0.4, 0.5) is 0 Å². The first-order valence-electron chi connectivity index (χ1n) is 10.3.